The molecule has 0 amide bonds. The lowest BCUT2D eigenvalue weighted by Gasteiger charge is -2.25. The first-order valence-corrected chi connectivity index (χ1v) is 19.5. The van der Waals surface area contributed by atoms with Gasteiger partial charge in [0.05, 0.1) is 34.4 Å². The second-order valence-corrected chi connectivity index (χ2v) is 14.2. The minimum Gasteiger partial charge on any atom is -0.477 e. The van der Waals surface area contributed by atoms with Crippen molar-refractivity contribution in [3.63, 3.8) is 0 Å². The molecule has 0 aromatic carbocycles. The van der Waals surface area contributed by atoms with E-state index in [2.05, 4.69) is 38.2 Å². The monoisotopic (exact) mass is 697 g/mol. The number of hydrogen-bond donors (Lipinski definition) is 1. The van der Waals surface area contributed by atoms with Crippen LogP contribution in [0.15, 0.2) is 24.3 Å². The number of unbranched alkanes of at least 4 members (excludes halogenated alkanes) is 16. The molecule has 0 radical (unpaired) electrons. The number of likely N-dealkylation sites (N-methyl/N-ethyl adjacent to an activating group) is 1. The molecular weight excluding hydrogens is 622 g/mol. The number of carbonyl (C=O) groups excluding carboxylic acids is 2. The van der Waals surface area contributed by atoms with Crippen LogP contribution in [-0.4, -0.2) is 87.4 Å². The van der Waals surface area contributed by atoms with Gasteiger partial charge < -0.3 is 28.5 Å². The minimum atomic E-state index is -1.51. The van der Waals surface area contributed by atoms with Crippen LogP contribution < -0.4 is 0 Å². The first-order valence-electron chi connectivity index (χ1n) is 19.5. The van der Waals surface area contributed by atoms with Crippen LogP contribution in [0.1, 0.15) is 155 Å². The third-order valence-electron chi connectivity index (χ3n) is 8.21. The number of carbonyl (C=O) groups is 3. The molecule has 0 spiro atoms. The van der Waals surface area contributed by atoms with Gasteiger partial charge in [-0.25, -0.2) is 4.79 Å². The summed E-state index contributed by atoms with van der Waals surface area (Å²) in [5.41, 5.74) is 0. The summed E-state index contributed by atoms with van der Waals surface area (Å²) in [4.78, 5) is 36.7. The fraction of sp³-hybridized carbons (Fsp3) is 0.825. The highest BCUT2D eigenvalue weighted by molar-refractivity contribution is 5.71. The number of rotatable bonds is 35. The highest BCUT2D eigenvalue weighted by Gasteiger charge is 2.25. The first kappa shape index (κ1) is 46.8. The van der Waals surface area contributed by atoms with Crippen LogP contribution in [0.25, 0.3) is 0 Å². The number of ether oxygens (including phenoxy) is 4. The Balaban J connectivity index is 4.46. The summed E-state index contributed by atoms with van der Waals surface area (Å²) < 4.78 is 22.5. The molecule has 0 aliphatic rings. The number of nitrogens with zero attached hydrogens (tertiary/aromatic N) is 1. The average molecular weight is 697 g/mol. The summed E-state index contributed by atoms with van der Waals surface area (Å²) in [6.07, 6.45) is 29.6. The summed E-state index contributed by atoms with van der Waals surface area (Å²) in [6.45, 7) is 4.77. The molecule has 0 aliphatic carbocycles. The summed E-state index contributed by atoms with van der Waals surface area (Å²) in [6, 6.07) is 0. The van der Waals surface area contributed by atoms with Crippen LogP contribution in [0.5, 0.6) is 0 Å². The maximum Gasteiger partial charge on any atom is 0.361 e. The van der Waals surface area contributed by atoms with E-state index in [1.165, 1.54) is 70.6 Å². The molecular formula is C40H74NO8+. The van der Waals surface area contributed by atoms with E-state index in [0.717, 1.165) is 51.4 Å². The first-order chi connectivity index (χ1) is 23.6. The molecule has 0 rings (SSSR count). The molecule has 0 bridgehead atoms. The van der Waals surface area contributed by atoms with Crippen molar-refractivity contribution >= 4 is 17.9 Å². The number of esters is 2. The van der Waals surface area contributed by atoms with Crippen LogP contribution in [0.3, 0.4) is 0 Å². The van der Waals surface area contributed by atoms with Gasteiger partial charge in [0.2, 0.25) is 0 Å². The number of carboxylic acids is 1. The van der Waals surface area contributed by atoms with Crippen molar-refractivity contribution in [1.82, 2.24) is 0 Å². The van der Waals surface area contributed by atoms with Crippen molar-refractivity contribution in [2.45, 2.75) is 167 Å². The van der Waals surface area contributed by atoms with Crippen molar-refractivity contribution in [3.05, 3.63) is 24.3 Å². The molecule has 286 valence electrons. The number of quaternary nitrogens is 1. The molecule has 0 heterocycles. The zero-order valence-electron chi connectivity index (χ0n) is 32.1. The quantitative estimate of drug-likeness (QED) is 0.0230. The molecule has 0 aromatic heterocycles. The summed E-state index contributed by atoms with van der Waals surface area (Å²) in [5, 5.41) is 9.57. The summed E-state index contributed by atoms with van der Waals surface area (Å²) in [7, 11) is 5.94. The van der Waals surface area contributed by atoms with Gasteiger partial charge in [-0.05, 0) is 44.9 Å². The van der Waals surface area contributed by atoms with E-state index < -0.39 is 24.3 Å². The van der Waals surface area contributed by atoms with Crippen molar-refractivity contribution in [2.75, 3.05) is 47.5 Å². The lowest BCUT2D eigenvalue weighted by atomic mass is 10.1. The highest BCUT2D eigenvalue weighted by atomic mass is 16.7. The van der Waals surface area contributed by atoms with Crippen LogP contribution in [0, 0.1) is 0 Å². The Hall–Kier alpha value is -2.23. The van der Waals surface area contributed by atoms with E-state index in [1.54, 1.807) is 0 Å². The Bertz CT molecular complexity index is 867. The van der Waals surface area contributed by atoms with Gasteiger partial charge >= 0.3 is 17.9 Å². The van der Waals surface area contributed by atoms with Crippen LogP contribution in [0.2, 0.25) is 0 Å². The van der Waals surface area contributed by atoms with Gasteiger partial charge in [-0.2, -0.15) is 0 Å². The molecule has 0 aliphatic heterocycles. The van der Waals surface area contributed by atoms with Crippen molar-refractivity contribution < 1.29 is 42.9 Å². The number of aliphatic carboxylic acids is 1. The molecule has 0 saturated heterocycles. The zero-order valence-corrected chi connectivity index (χ0v) is 32.1. The lowest BCUT2D eigenvalue weighted by Crippen LogP contribution is -2.40. The topological polar surface area (TPSA) is 108 Å². The Morgan fingerprint density at radius 2 is 1.10 bits per heavy atom. The van der Waals surface area contributed by atoms with E-state index in [0.29, 0.717) is 23.9 Å². The van der Waals surface area contributed by atoms with Gasteiger partial charge in [-0.15, -0.1) is 0 Å². The van der Waals surface area contributed by atoms with Gasteiger partial charge in [0.15, 0.2) is 6.10 Å². The van der Waals surface area contributed by atoms with Crippen molar-refractivity contribution in [1.29, 1.82) is 0 Å². The third kappa shape index (κ3) is 34.0. The Kier molecular flexibility index (Phi) is 31.4. The van der Waals surface area contributed by atoms with Gasteiger partial charge in [0.25, 0.3) is 6.29 Å². The number of hydrogen-bond acceptors (Lipinski definition) is 7. The predicted octanol–water partition coefficient (Wildman–Crippen LogP) is 9.33. The SMILES string of the molecule is CCCCC/C=C\C/C=C\CCCCCCCCCC(=O)OC(COC(=O)CCCCCCCCC)COC(OCC[N+](C)(C)C)C(=O)O. The Morgan fingerprint density at radius 1 is 0.612 bits per heavy atom. The fourth-order valence-corrected chi connectivity index (χ4v) is 5.10. The maximum absolute atomic E-state index is 12.7. The van der Waals surface area contributed by atoms with Gasteiger partial charge in [-0.3, -0.25) is 9.59 Å². The van der Waals surface area contributed by atoms with E-state index in [4.69, 9.17) is 18.9 Å². The molecule has 0 saturated carbocycles. The van der Waals surface area contributed by atoms with Gasteiger partial charge in [0, 0.05) is 12.8 Å². The molecule has 0 fully saturated rings. The molecule has 1 N–H and O–H groups in total. The Labute approximate surface area is 299 Å². The number of carboxylic acid groups (broad SMARTS) is 1. The van der Waals surface area contributed by atoms with E-state index in [-0.39, 0.29) is 32.2 Å². The van der Waals surface area contributed by atoms with Crippen LogP contribution >= 0.6 is 0 Å². The largest absolute Gasteiger partial charge is 0.477 e. The van der Waals surface area contributed by atoms with E-state index in [1.807, 2.05) is 21.1 Å². The minimum absolute atomic E-state index is 0.183. The number of allylic oxidation sites excluding steroid dienone is 4. The van der Waals surface area contributed by atoms with Crippen LogP contribution in [-0.2, 0) is 33.3 Å². The molecule has 9 nitrogen and oxygen atoms in total. The molecule has 0 aromatic rings. The Morgan fingerprint density at radius 3 is 1.65 bits per heavy atom. The summed E-state index contributed by atoms with van der Waals surface area (Å²) >= 11 is 0. The fourth-order valence-electron chi connectivity index (χ4n) is 5.10. The van der Waals surface area contributed by atoms with Gasteiger partial charge in [0.1, 0.15) is 13.2 Å². The highest BCUT2D eigenvalue weighted by Crippen LogP contribution is 2.13. The molecule has 49 heavy (non-hydrogen) atoms. The standard InChI is InChI=1S/C40H73NO8/c1-6-8-10-12-14-15-16-17-18-19-20-21-22-23-25-27-29-31-38(43)49-36(34-47-37(42)30-28-26-24-13-11-9-7-2)35-48-40(39(44)45)46-33-32-41(3,4)5/h14-15,17-18,36,40H,6-13,16,19-35H2,1-5H3/p+1/b15-14-,18-17-. The van der Waals surface area contributed by atoms with Crippen molar-refractivity contribution in [2.24, 2.45) is 0 Å². The second-order valence-electron chi connectivity index (χ2n) is 14.2. The summed E-state index contributed by atoms with van der Waals surface area (Å²) in [5.74, 6) is -2.03. The second kappa shape index (κ2) is 32.9. The van der Waals surface area contributed by atoms with Crippen LogP contribution in [0.4, 0.5) is 0 Å². The zero-order chi connectivity index (χ0) is 36.4. The van der Waals surface area contributed by atoms with Crippen molar-refractivity contribution in [3.8, 4) is 0 Å². The molecule has 9 heteroatoms. The lowest BCUT2D eigenvalue weighted by molar-refractivity contribution is -0.870. The average Bonchev–Trinajstić information content (AvgIpc) is 3.05. The third-order valence-corrected chi connectivity index (χ3v) is 8.21. The predicted molar refractivity (Wildman–Crippen MR) is 198 cm³/mol. The molecule has 2 unspecified atom stereocenters. The van der Waals surface area contributed by atoms with Gasteiger partial charge in [-0.1, -0.05) is 122 Å². The molecule has 2 atom stereocenters. The van der Waals surface area contributed by atoms with E-state index in [9.17, 15) is 19.5 Å². The smallest absolute Gasteiger partial charge is 0.361 e. The van der Waals surface area contributed by atoms with E-state index >= 15 is 0 Å². The maximum atomic E-state index is 12.7. The normalized spacial score (nSPS) is 13.2.